The minimum atomic E-state index is 0.240. The van der Waals surface area contributed by atoms with Crippen molar-refractivity contribution in [2.45, 2.75) is 19.8 Å². The smallest absolute Gasteiger partial charge is 0.225 e. The van der Waals surface area contributed by atoms with E-state index in [9.17, 15) is 4.79 Å². The van der Waals surface area contributed by atoms with Crippen molar-refractivity contribution in [3.8, 4) is 0 Å². The second-order valence-electron chi connectivity index (χ2n) is 6.57. The Labute approximate surface area is 133 Å². The van der Waals surface area contributed by atoms with E-state index in [-0.39, 0.29) is 5.92 Å². The van der Waals surface area contributed by atoms with Gasteiger partial charge in [-0.1, -0.05) is 49.4 Å². The van der Waals surface area contributed by atoms with Crippen molar-refractivity contribution in [3.63, 3.8) is 0 Å². The van der Waals surface area contributed by atoms with Gasteiger partial charge in [-0.25, -0.2) is 0 Å². The van der Waals surface area contributed by atoms with Crippen LogP contribution in [0.4, 0.5) is 0 Å². The van der Waals surface area contributed by atoms with Gasteiger partial charge in [0.1, 0.15) is 0 Å². The molecule has 1 atom stereocenters. The molecule has 1 aliphatic heterocycles. The Morgan fingerprint density at radius 1 is 1.18 bits per heavy atom. The van der Waals surface area contributed by atoms with Crippen LogP contribution in [0.15, 0.2) is 36.4 Å². The van der Waals surface area contributed by atoms with Gasteiger partial charge >= 0.3 is 0 Å². The molecule has 2 fully saturated rings. The van der Waals surface area contributed by atoms with Gasteiger partial charge in [-0.05, 0) is 24.3 Å². The number of carbonyl (C=O) groups excluding carboxylic acids is 1. The summed E-state index contributed by atoms with van der Waals surface area (Å²) in [7, 11) is 0. The summed E-state index contributed by atoms with van der Waals surface area (Å²) in [5.41, 5.74) is 1.24. The number of hydrogen-bond donors (Lipinski definition) is 0. The number of benzene rings is 1. The van der Waals surface area contributed by atoms with Crippen LogP contribution in [-0.2, 0) is 4.79 Å². The third-order valence-corrected chi connectivity index (χ3v) is 4.88. The highest BCUT2D eigenvalue weighted by Gasteiger charge is 2.35. The first kappa shape index (κ1) is 15.3. The lowest BCUT2D eigenvalue weighted by Gasteiger charge is -2.35. The quantitative estimate of drug-likeness (QED) is 0.834. The molecular weight excluding hydrogens is 272 g/mol. The molecule has 22 heavy (non-hydrogen) atoms. The Hall–Kier alpha value is -1.61. The van der Waals surface area contributed by atoms with Crippen LogP contribution in [0.5, 0.6) is 0 Å². The summed E-state index contributed by atoms with van der Waals surface area (Å²) >= 11 is 0. The summed E-state index contributed by atoms with van der Waals surface area (Å²) in [5, 5.41) is 0. The molecule has 1 saturated heterocycles. The van der Waals surface area contributed by atoms with Crippen LogP contribution in [-0.4, -0.2) is 48.4 Å². The van der Waals surface area contributed by atoms with Gasteiger partial charge in [-0.15, -0.1) is 0 Å². The van der Waals surface area contributed by atoms with Crippen LogP contribution in [0.3, 0.4) is 0 Å². The normalized spacial score (nSPS) is 21.2. The zero-order valence-electron chi connectivity index (χ0n) is 13.4. The van der Waals surface area contributed by atoms with E-state index in [1.165, 1.54) is 18.4 Å². The summed E-state index contributed by atoms with van der Waals surface area (Å²) in [6, 6.07) is 10.4. The zero-order chi connectivity index (χ0) is 15.4. The second kappa shape index (κ2) is 7.10. The molecule has 3 heteroatoms. The standard InChI is InChI=1S/C19H26N2O/c1-16(18-9-10-18)19(22)21-14-12-20(13-15-21)11-5-8-17-6-3-2-4-7-17/h2-8,16,18H,9-15H2,1H3/b8-5+. The first-order chi connectivity index (χ1) is 10.7. The molecule has 1 aromatic rings. The van der Waals surface area contributed by atoms with Crippen LogP contribution < -0.4 is 0 Å². The molecule has 3 nitrogen and oxygen atoms in total. The van der Waals surface area contributed by atoms with Crippen molar-refractivity contribution < 1.29 is 4.79 Å². The first-order valence-electron chi connectivity index (χ1n) is 8.47. The average molecular weight is 298 g/mol. The van der Waals surface area contributed by atoms with E-state index >= 15 is 0 Å². The number of piperazine rings is 1. The van der Waals surface area contributed by atoms with Crippen molar-refractivity contribution in [1.82, 2.24) is 9.80 Å². The maximum atomic E-state index is 12.4. The predicted octanol–water partition coefficient (Wildman–Crippen LogP) is 2.89. The fraction of sp³-hybridized carbons (Fsp3) is 0.526. The van der Waals surface area contributed by atoms with Crippen molar-refractivity contribution in [2.24, 2.45) is 11.8 Å². The van der Waals surface area contributed by atoms with Gasteiger partial charge < -0.3 is 4.90 Å². The van der Waals surface area contributed by atoms with Crippen LogP contribution in [0, 0.1) is 11.8 Å². The summed E-state index contributed by atoms with van der Waals surface area (Å²) in [5.74, 6) is 1.28. The molecule has 1 amide bonds. The Morgan fingerprint density at radius 2 is 1.86 bits per heavy atom. The largest absolute Gasteiger partial charge is 0.340 e. The first-order valence-corrected chi connectivity index (χ1v) is 8.47. The predicted molar refractivity (Wildman–Crippen MR) is 90.4 cm³/mol. The van der Waals surface area contributed by atoms with Gasteiger partial charge in [0, 0.05) is 38.6 Å². The van der Waals surface area contributed by atoms with Crippen molar-refractivity contribution in [3.05, 3.63) is 42.0 Å². The molecule has 1 unspecified atom stereocenters. The summed E-state index contributed by atoms with van der Waals surface area (Å²) in [4.78, 5) is 16.9. The van der Waals surface area contributed by atoms with Crippen LogP contribution in [0.2, 0.25) is 0 Å². The van der Waals surface area contributed by atoms with Crippen LogP contribution >= 0.6 is 0 Å². The number of carbonyl (C=O) groups is 1. The van der Waals surface area contributed by atoms with E-state index in [1.54, 1.807) is 0 Å². The molecular formula is C19H26N2O. The molecule has 0 radical (unpaired) electrons. The van der Waals surface area contributed by atoms with Gasteiger partial charge in [-0.2, -0.15) is 0 Å². The van der Waals surface area contributed by atoms with Gasteiger partial charge in [0.05, 0.1) is 0 Å². The monoisotopic (exact) mass is 298 g/mol. The summed E-state index contributed by atoms with van der Waals surface area (Å²) in [6.45, 7) is 6.82. The second-order valence-corrected chi connectivity index (χ2v) is 6.57. The van der Waals surface area contributed by atoms with E-state index in [0.717, 1.165) is 32.7 Å². The Morgan fingerprint density at radius 3 is 2.50 bits per heavy atom. The van der Waals surface area contributed by atoms with Crippen molar-refractivity contribution in [1.29, 1.82) is 0 Å². The van der Waals surface area contributed by atoms with Gasteiger partial charge in [-0.3, -0.25) is 9.69 Å². The SMILES string of the molecule is CC(C(=O)N1CCN(C/C=C/c2ccccc2)CC1)C1CC1. The molecule has 1 saturated carbocycles. The molecule has 1 aliphatic carbocycles. The highest BCUT2D eigenvalue weighted by Crippen LogP contribution is 2.37. The van der Waals surface area contributed by atoms with E-state index < -0.39 is 0 Å². The van der Waals surface area contributed by atoms with Gasteiger partial charge in [0.15, 0.2) is 0 Å². The number of hydrogen-bond acceptors (Lipinski definition) is 2. The average Bonchev–Trinajstić information content (AvgIpc) is 3.40. The van der Waals surface area contributed by atoms with E-state index in [2.05, 4.69) is 53.1 Å². The molecule has 0 bridgehead atoms. The van der Waals surface area contributed by atoms with E-state index in [4.69, 9.17) is 0 Å². The molecule has 118 valence electrons. The Balaban J connectivity index is 1.42. The molecule has 1 aromatic carbocycles. The molecule has 3 rings (SSSR count). The Bertz CT molecular complexity index is 513. The number of rotatable bonds is 5. The van der Waals surface area contributed by atoms with Gasteiger partial charge in [0.25, 0.3) is 0 Å². The van der Waals surface area contributed by atoms with Crippen LogP contribution in [0.25, 0.3) is 6.08 Å². The van der Waals surface area contributed by atoms with E-state index in [1.807, 2.05) is 6.07 Å². The maximum absolute atomic E-state index is 12.4. The molecule has 1 heterocycles. The molecule has 0 aromatic heterocycles. The lowest BCUT2D eigenvalue weighted by molar-refractivity contribution is -0.137. The molecule has 2 aliphatic rings. The fourth-order valence-corrected chi connectivity index (χ4v) is 3.14. The topological polar surface area (TPSA) is 23.6 Å². The molecule has 0 N–H and O–H groups in total. The number of amides is 1. The highest BCUT2D eigenvalue weighted by molar-refractivity contribution is 5.79. The zero-order valence-corrected chi connectivity index (χ0v) is 13.4. The van der Waals surface area contributed by atoms with Crippen molar-refractivity contribution in [2.75, 3.05) is 32.7 Å². The lowest BCUT2D eigenvalue weighted by Crippen LogP contribution is -2.50. The third-order valence-electron chi connectivity index (χ3n) is 4.88. The maximum Gasteiger partial charge on any atom is 0.225 e. The van der Waals surface area contributed by atoms with Crippen LogP contribution in [0.1, 0.15) is 25.3 Å². The van der Waals surface area contributed by atoms with Gasteiger partial charge in [0.2, 0.25) is 5.91 Å². The Kier molecular flexibility index (Phi) is 4.94. The summed E-state index contributed by atoms with van der Waals surface area (Å²) in [6.07, 6.45) is 6.89. The minimum Gasteiger partial charge on any atom is -0.340 e. The van der Waals surface area contributed by atoms with E-state index in [0.29, 0.717) is 11.8 Å². The number of nitrogens with zero attached hydrogens (tertiary/aromatic N) is 2. The highest BCUT2D eigenvalue weighted by atomic mass is 16.2. The molecule has 0 spiro atoms. The fourth-order valence-electron chi connectivity index (χ4n) is 3.14. The lowest BCUT2D eigenvalue weighted by atomic mass is 10.0. The minimum absolute atomic E-state index is 0.240. The third kappa shape index (κ3) is 3.98. The summed E-state index contributed by atoms with van der Waals surface area (Å²) < 4.78 is 0. The van der Waals surface area contributed by atoms with Crippen molar-refractivity contribution >= 4 is 12.0 Å².